The molecule has 1 aromatic carbocycles. The van der Waals surface area contributed by atoms with Gasteiger partial charge >= 0.3 is 0 Å². The molecule has 3 rings (SSSR count). The Morgan fingerprint density at radius 3 is 2.76 bits per heavy atom. The number of ether oxygens (including phenoxy) is 1. The lowest BCUT2D eigenvalue weighted by Crippen LogP contribution is -2.37. The minimum absolute atomic E-state index is 0.119. The summed E-state index contributed by atoms with van der Waals surface area (Å²) in [6.45, 7) is 0.680. The largest absolute Gasteiger partial charge is 0.377 e. The molecule has 0 amide bonds. The SMILES string of the molecule is NC1c2ccccc2CCCC1S(=O)(=O)CC1CCCO1. The Kier molecular flexibility index (Phi) is 4.33. The van der Waals surface area contributed by atoms with Gasteiger partial charge in [0, 0.05) is 12.6 Å². The molecule has 1 aliphatic heterocycles. The molecule has 3 unspecified atom stereocenters. The maximum Gasteiger partial charge on any atom is 0.157 e. The van der Waals surface area contributed by atoms with Crippen molar-refractivity contribution in [2.24, 2.45) is 5.73 Å². The first kappa shape index (κ1) is 15.0. The summed E-state index contributed by atoms with van der Waals surface area (Å²) in [6, 6.07) is 7.54. The van der Waals surface area contributed by atoms with Gasteiger partial charge in [-0.15, -0.1) is 0 Å². The summed E-state index contributed by atoms with van der Waals surface area (Å²) < 4.78 is 31.0. The highest BCUT2D eigenvalue weighted by Gasteiger charge is 2.36. The van der Waals surface area contributed by atoms with Gasteiger partial charge in [0.15, 0.2) is 9.84 Å². The second-order valence-electron chi connectivity index (χ2n) is 6.12. The van der Waals surface area contributed by atoms with Crippen LogP contribution in [0.15, 0.2) is 24.3 Å². The molecular weight excluding hydrogens is 286 g/mol. The van der Waals surface area contributed by atoms with Crippen molar-refractivity contribution in [1.82, 2.24) is 0 Å². The van der Waals surface area contributed by atoms with Crippen LogP contribution in [0.25, 0.3) is 0 Å². The van der Waals surface area contributed by atoms with E-state index >= 15 is 0 Å². The van der Waals surface area contributed by atoms with Gasteiger partial charge in [-0.2, -0.15) is 0 Å². The molecule has 21 heavy (non-hydrogen) atoms. The first-order valence-corrected chi connectivity index (χ1v) is 9.46. The van der Waals surface area contributed by atoms with E-state index in [-0.39, 0.29) is 11.9 Å². The second-order valence-corrected chi connectivity index (χ2v) is 8.38. The molecule has 3 atom stereocenters. The number of rotatable bonds is 3. The first-order chi connectivity index (χ1) is 10.1. The lowest BCUT2D eigenvalue weighted by atomic mass is 10.00. The molecule has 0 bridgehead atoms. The van der Waals surface area contributed by atoms with E-state index in [1.807, 2.05) is 18.2 Å². The quantitative estimate of drug-likeness (QED) is 0.867. The van der Waals surface area contributed by atoms with Crippen LogP contribution in [0.3, 0.4) is 0 Å². The van der Waals surface area contributed by atoms with E-state index in [1.54, 1.807) is 0 Å². The third kappa shape index (κ3) is 3.15. The maximum absolute atomic E-state index is 12.8. The number of aryl methyl sites for hydroxylation is 1. The van der Waals surface area contributed by atoms with Crippen molar-refractivity contribution in [1.29, 1.82) is 0 Å². The van der Waals surface area contributed by atoms with E-state index in [0.29, 0.717) is 13.0 Å². The van der Waals surface area contributed by atoms with Crippen LogP contribution in [0, 0.1) is 0 Å². The van der Waals surface area contributed by atoms with Crippen LogP contribution >= 0.6 is 0 Å². The summed E-state index contributed by atoms with van der Waals surface area (Å²) in [5.41, 5.74) is 8.52. The van der Waals surface area contributed by atoms with Gasteiger partial charge in [-0.05, 0) is 43.2 Å². The summed E-state index contributed by atoms with van der Waals surface area (Å²) in [4.78, 5) is 0. The highest BCUT2D eigenvalue weighted by Crippen LogP contribution is 2.32. The minimum Gasteiger partial charge on any atom is -0.377 e. The van der Waals surface area contributed by atoms with Gasteiger partial charge in [0.2, 0.25) is 0 Å². The summed E-state index contributed by atoms with van der Waals surface area (Å²) in [7, 11) is -3.23. The van der Waals surface area contributed by atoms with Crippen LogP contribution in [0.5, 0.6) is 0 Å². The molecule has 0 saturated carbocycles. The molecule has 1 saturated heterocycles. The van der Waals surface area contributed by atoms with Gasteiger partial charge in [0.25, 0.3) is 0 Å². The molecule has 1 aliphatic carbocycles. The van der Waals surface area contributed by atoms with Gasteiger partial charge in [-0.25, -0.2) is 8.42 Å². The molecular formula is C16H23NO3S. The minimum atomic E-state index is -3.23. The van der Waals surface area contributed by atoms with E-state index in [9.17, 15) is 8.42 Å². The molecule has 0 spiro atoms. The fourth-order valence-corrected chi connectivity index (χ4v) is 5.67. The van der Waals surface area contributed by atoms with Crippen molar-refractivity contribution < 1.29 is 13.2 Å². The van der Waals surface area contributed by atoms with Crippen molar-refractivity contribution in [2.45, 2.75) is 49.5 Å². The standard InChI is InChI=1S/C16H23NO3S/c17-16-14-8-2-1-5-12(14)6-3-9-15(16)21(18,19)11-13-7-4-10-20-13/h1-2,5,8,13,15-16H,3-4,6-7,9-11,17H2. The second kappa shape index (κ2) is 6.07. The molecule has 1 heterocycles. The monoisotopic (exact) mass is 309 g/mol. The average molecular weight is 309 g/mol. The van der Waals surface area contributed by atoms with Gasteiger partial charge in [0.05, 0.1) is 17.1 Å². The normalized spacial score (nSPS) is 29.9. The third-order valence-electron chi connectivity index (χ3n) is 4.65. The number of hydrogen-bond acceptors (Lipinski definition) is 4. The zero-order valence-corrected chi connectivity index (χ0v) is 13.0. The van der Waals surface area contributed by atoms with Crippen LogP contribution in [-0.4, -0.2) is 32.1 Å². The van der Waals surface area contributed by atoms with Crippen LogP contribution < -0.4 is 5.73 Å². The summed E-state index contributed by atoms with van der Waals surface area (Å²) >= 11 is 0. The van der Waals surface area contributed by atoms with Gasteiger partial charge in [0.1, 0.15) is 0 Å². The zero-order valence-electron chi connectivity index (χ0n) is 12.2. The highest BCUT2D eigenvalue weighted by atomic mass is 32.2. The lowest BCUT2D eigenvalue weighted by molar-refractivity contribution is 0.127. The van der Waals surface area contributed by atoms with Crippen LogP contribution in [0.2, 0.25) is 0 Å². The fourth-order valence-electron chi connectivity index (χ4n) is 3.52. The van der Waals surface area contributed by atoms with Crippen LogP contribution in [0.1, 0.15) is 42.9 Å². The summed E-state index contributed by atoms with van der Waals surface area (Å²) in [5, 5.41) is -0.481. The highest BCUT2D eigenvalue weighted by molar-refractivity contribution is 7.92. The van der Waals surface area contributed by atoms with Gasteiger partial charge in [-0.3, -0.25) is 0 Å². The lowest BCUT2D eigenvalue weighted by Gasteiger charge is -2.24. The van der Waals surface area contributed by atoms with E-state index in [4.69, 9.17) is 10.5 Å². The molecule has 2 aliphatic rings. The van der Waals surface area contributed by atoms with Crippen molar-refractivity contribution >= 4 is 9.84 Å². The predicted molar refractivity (Wildman–Crippen MR) is 82.9 cm³/mol. The topological polar surface area (TPSA) is 69.4 Å². The Bertz CT molecular complexity index is 593. The van der Waals surface area contributed by atoms with Crippen molar-refractivity contribution in [3.63, 3.8) is 0 Å². The Morgan fingerprint density at radius 2 is 2.00 bits per heavy atom. The average Bonchev–Trinajstić information content (AvgIpc) is 2.88. The number of sulfone groups is 1. The Hall–Kier alpha value is -0.910. The fraction of sp³-hybridized carbons (Fsp3) is 0.625. The summed E-state index contributed by atoms with van der Waals surface area (Å²) in [6.07, 6.45) is 4.10. The van der Waals surface area contributed by atoms with E-state index in [1.165, 1.54) is 5.56 Å². The smallest absolute Gasteiger partial charge is 0.157 e. The Balaban J connectivity index is 1.84. The van der Waals surface area contributed by atoms with Gasteiger partial charge < -0.3 is 10.5 Å². The van der Waals surface area contributed by atoms with E-state index in [2.05, 4.69) is 6.07 Å². The molecule has 1 fully saturated rings. The summed E-state index contributed by atoms with van der Waals surface area (Å²) in [5.74, 6) is 0.119. The predicted octanol–water partition coefficient (Wildman–Crippen LogP) is 1.99. The molecule has 1 aromatic rings. The molecule has 4 nitrogen and oxygen atoms in total. The number of nitrogens with two attached hydrogens (primary N) is 1. The van der Waals surface area contributed by atoms with E-state index < -0.39 is 21.1 Å². The molecule has 116 valence electrons. The van der Waals surface area contributed by atoms with Crippen LogP contribution in [0.4, 0.5) is 0 Å². The first-order valence-electron chi connectivity index (χ1n) is 7.74. The van der Waals surface area contributed by atoms with Crippen molar-refractivity contribution in [3.05, 3.63) is 35.4 Å². The molecule has 2 N–H and O–H groups in total. The Morgan fingerprint density at radius 1 is 1.19 bits per heavy atom. The number of hydrogen-bond donors (Lipinski definition) is 1. The van der Waals surface area contributed by atoms with Gasteiger partial charge in [-0.1, -0.05) is 24.3 Å². The Labute approximate surface area is 126 Å². The van der Waals surface area contributed by atoms with Crippen molar-refractivity contribution in [3.8, 4) is 0 Å². The zero-order chi connectivity index (χ0) is 14.9. The number of fused-ring (bicyclic) bond motifs is 1. The van der Waals surface area contributed by atoms with Crippen LogP contribution in [-0.2, 0) is 21.0 Å². The van der Waals surface area contributed by atoms with E-state index in [0.717, 1.165) is 31.2 Å². The molecule has 0 radical (unpaired) electrons. The molecule has 5 heteroatoms. The number of benzene rings is 1. The molecule has 0 aromatic heterocycles. The third-order valence-corrected chi connectivity index (χ3v) is 6.94. The van der Waals surface area contributed by atoms with Crippen molar-refractivity contribution in [2.75, 3.05) is 12.4 Å². The maximum atomic E-state index is 12.8.